The third-order valence-corrected chi connectivity index (χ3v) is 4.17. The number of benzene rings is 1. The number of rotatable bonds is 9. The minimum atomic E-state index is -0.910. The van der Waals surface area contributed by atoms with Crippen LogP contribution in [-0.4, -0.2) is 47.0 Å². The molecule has 170 valence electrons. The predicted molar refractivity (Wildman–Crippen MR) is 123 cm³/mol. The van der Waals surface area contributed by atoms with E-state index in [4.69, 9.17) is 4.74 Å². The Morgan fingerprint density at radius 1 is 1.13 bits per heavy atom. The number of ether oxygens (including phenoxy) is 1. The summed E-state index contributed by atoms with van der Waals surface area (Å²) in [7, 11) is 0. The van der Waals surface area contributed by atoms with E-state index in [2.05, 4.69) is 23.8 Å². The quantitative estimate of drug-likeness (QED) is 0.584. The second-order valence-electron chi connectivity index (χ2n) is 8.59. The summed E-state index contributed by atoms with van der Waals surface area (Å²) >= 11 is 0. The van der Waals surface area contributed by atoms with Crippen LogP contribution < -0.4 is 10.6 Å². The van der Waals surface area contributed by atoms with Gasteiger partial charge in [0.05, 0.1) is 0 Å². The van der Waals surface area contributed by atoms with Crippen molar-refractivity contribution in [2.75, 3.05) is 6.54 Å². The molecule has 0 aliphatic heterocycles. The van der Waals surface area contributed by atoms with E-state index in [9.17, 15) is 14.4 Å². The highest BCUT2D eigenvalue weighted by Gasteiger charge is 2.34. The predicted octanol–water partition coefficient (Wildman–Crippen LogP) is 3.82. The third-order valence-electron chi connectivity index (χ3n) is 4.17. The first-order valence-corrected chi connectivity index (χ1v) is 10.3. The van der Waals surface area contributed by atoms with Gasteiger partial charge in [-0.05, 0) is 58.7 Å². The lowest BCUT2D eigenvalue weighted by atomic mass is 10.00. The van der Waals surface area contributed by atoms with Gasteiger partial charge in [0.2, 0.25) is 11.8 Å². The lowest BCUT2D eigenvalue weighted by Gasteiger charge is -2.33. The van der Waals surface area contributed by atoms with Crippen LogP contribution in [0.4, 0.5) is 4.79 Å². The van der Waals surface area contributed by atoms with Gasteiger partial charge in [0, 0.05) is 12.6 Å². The summed E-state index contributed by atoms with van der Waals surface area (Å²) in [6.07, 6.45) is 2.52. The molecule has 3 amide bonds. The van der Waals surface area contributed by atoms with Gasteiger partial charge in [0.15, 0.2) is 0 Å². The minimum Gasteiger partial charge on any atom is -0.444 e. The SMILES string of the molecule is C=CCN(C(=O)C(C)NC(=O)OC(C)(C)C)C(C(=O)NC(C)C)c1cccc(C=C)c1. The van der Waals surface area contributed by atoms with Gasteiger partial charge in [-0.15, -0.1) is 6.58 Å². The Hall–Kier alpha value is -3.09. The fourth-order valence-corrected chi connectivity index (χ4v) is 2.95. The Bertz CT molecular complexity index is 811. The molecule has 2 N–H and O–H groups in total. The van der Waals surface area contributed by atoms with Crippen molar-refractivity contribution >= 4 is 24.0 Å². The number of carbonyl (C=O) groups is 3. The Kier molecular flexibility index (Phi) is 9.49. The van der Waals surface area contributed by atoms with E-state index < -0.39 is 29.7 Å². The summed E-state index contributed by atoms with van der Waals surface area (Å²) in [4.78, 5) is 40.0. The molecule has 1 aromatic rings. The molecule has 31 heavy (non-hydrogen) atoms. The molecule has 0 heterocycles. The van der Waals surface area contributed by atoms with E-state index >= 15 is 0 Å². The second kappa shape index (κ2) is 11.3. The number of hydrogen-bond donors (Lipinski definition) is 2. The van der Waals surface area contributed by atoms with E-state index in [1.807, 2.05) is 26.0 Å². The van der Waals surface area contributed by atoms with Crippen molar-refractivity contribution in [2.24, 2.45) is 0 Å². The number of hydrogen-bond acceptors (Lipinski definition) is 4. The number of nitrogens with one attached hydrogen (secondary N) is 2. The molecule has 0 aliphatic rings. The second-order valence-corrected chi connectivity index (χ2v) is 8.59. The lowest BCUT2D eigenvalue weighted by molar-refractivity contribution is -0.141. The average Bonchev–Trinajstić information content (AvgIpc) is 2.65. The lowest BCUT2D eigenvalue weighted by Crippen LogP contribution is -2.52. The van der Waals surface area contributed by atoms with Crippen molar-refractivity contribution in [3.8, 4) is 0 Å². The van der Waals surface area contributed by atoms with E-state index in [-0.39, 0.29) is 18.5 Å². The summed E-state index contributed by atoms with van der Waals surface area (Å²) in [5.41, 5.74) is 0.763. The fraction of sp³-hybridized carbons (Fsp3) is 0.458. The smallest absolute Gasteiger partial charge is 0.408 e. The van der Waals surface area contributed by atoms with Crippen LogP contribution in [-0.2, 0) is 14.3 Å². The Morgan fingerprint density at radius 2 is 1.77 bits per heavy atom. The van der Waals surface area contributed by atoms with E-state index in [1.165, 1.54) is 4.90 Å². The van der Waals surface area contributed by atoms with E-state index in [1.54, 1.807) is 52.0 Å². The first kappa shape index (κ1) is 25.9. The molecular weight excluding hydrogens is 394 g/mol. The summed E-state index contributed by atoms with van der Waals surface area (Å²) in [5, 5.41) is 5.43. The Labute approximate surface area is 185 Å². The summed E-state index contributed by atoms with van der Waals surface area (Å²) < 4.78 is 5.24. The highest BCUT2D eigenvalue weighted by atomic mass is 16.6. The number of amides is 3. The first-order valence-electron chi connectivity index (χ1n) is 10.3. The van der Waals surface area contributed by atoms with Gasteiger partial charge in [0.1, 0.15) is 17.7 Å². The largest absolute Gasteiger partial charge is 0.444 e. The standard InChI is InChI=1S/C24H35N3O4/c1-9-14-27(22(29)17(5)26-23(30)31-24(6,7)8)20(21(28)25-16(3)4)19-13-11-12-18(10-2)15-19/h9-13,15-17,20H,1-2,14H2,3-8H3,(H,25,28)(H,26,30). The Morgan fingerprint density at radius 3 is 2.29 bits per heavy atom. The molecule has 0 saturated carbocycles. The molecule has 1 aromatic carbocycles. The van der Waals surface area contributed by atoms with Gasteiger partial charge in [-0.25, -0.2) is 4.79 Å². The zero-order valence-corrected chi connectivity index (χ0v) is 19.4. The van der Waals surface area contributed by atoms with Crippen LogP contribution in [0.5, 0.6) is 0 Å². The highest BCUT2D eigenvalue weighted by Crippen LogP contribution is 2.24. The van der Waals surface area contributed by atoms with E-state index in [0.29, 0.717) is 5.56 Å². The van der Waals surface area contributed by atoms with Gasteiger partial charge < -0.3 is 20.3 Å². The highest BCUT2D eigenvalue weighted by molar-refractivity contribution is 5.92. The molecule has 0 radical (unpaired) electrons. The number of carbonyl (C=O) groups excluding carboxylic acids is 3. The molecule has 7 heteroatoms. The van der Waals surface area contributed by atoms with Gasteiger partial charge in [-0.3, -0.25) is 9.59 Å². The minimum absolute atomic E-state index is 0.115. The Balaban J connectivity index is 3.29. The third kappa shape index (κ3) is 8.28. The zero-order valence-electron chi connectivity index (χ0n) is 19.4. The molecule has 0 aromatic heterocycles. The zero-order chi connectivity index (χ0) is 23.8. The molecule has 0 saturated heterocycles. The topological polar surface area (TPSA) is 87.7 Å². The van der Waals surface area contributed by atoms with Crippen LogP contribution >= 0.6 is 0 Å². The molecule has 0 aliphatic carbocycles. The van der Waals surface area contributed by atoms with Crippen LogP contribution in [0.15, 0.2) is 43.5 Å². The van der Waals surface area contributed by atoms with Crippen molar-refractivity contribution in [1.29, 1.82) is 0 Å². The maximum Gasteiger partial charge on any atom is 0.408 e. The molecule has 1 rings (SSSR count). The van der Waals surface area contributed by atoms with Gasteiger partial charge in [-0.1, -0.05) is 36.9 Å². The van der Waals surface area contributed by atoms with Crippen molar-refractivity contribution in [2.45, 2.75) is 65.3 Å². The molecule has 2 atom stereocenters. The molecule has 0 fully saturated rings. The van der Waals surface area contributed by atoms with Gasteiger partial charge in [0.25, 0.3) is 0 Å². The van der Waals surface area contributed by atoms with Gasteiger partial charge >= 0.3 is 6.09 Å². The normalized spacial score (nSPS) is 13.0. The first-order chi connectivity index (χ1) is 14.4. The maximum absolute atomic E-state index is 13.3. The van der Waals surface area contributed by atoms with Crippen LogP contribution in [0, 0.1) is 0 Å². The van der Waals surface area contributed by atoms with Crippen molar-refractivity contribution in [1.82, 2.24) is 15.5 Å². The molecule has 7 nitrogen and oxygen atoms in total. The van der Waals surface area contributed by atoms with Gasteiger partial charge in [-0.2, -0.15) is 0 Å². The van der Waals surface area contributed by atoms with Crippen molar-refractivity contribution in [3.05, 3.63) is 54.6 Å². The molecule has 0 spiro atoms. The van der Waals surface area contributed by atoms with Crippen molar-refractivity contribution in [3.63, 3.8) is 0 Å². The monoisotopic (exact) mass is 429 g/mol. The average molecular weight is 430 g/mol. The van der Waals surface area contributed by atoms with Crippen LogP contribution in [0.2, 0.25) is 0 Å². The summed E-state index contributed by atoms with van der Waals surface area (Å²) in [5.74, 6) is -0.755. The summed E-state index contributed by atoms with van der Waals surface area (Å²) in [6, 6.07) is 5.33. The van der Waals surface area contributed by atoms with Crippen LogP contribution in [0.25, 0.3) is 6.08 Å². The fourth-order valence-electron chi connectivity index (χ4n) is 2.95. The summed E-state index contributed by atoms with van der Waals surface area (Å²) in [6.45, 7) is 18.1. The maximum atomic E-state index is 13.3. The van der Waals surface area contributed by atoms with Crippen LogP contribution in [0.1, 0.15) is 58.7 Å². The molecule has 2 unspecified atom stereocenters. The van der Waals surface area contributed by atoms with E-state index in [0.717, 1.165) is 5.56 Å². The number of nitrogens with zero attached hydrogens (tertiary/aromatic N) is 1. The molecule has 0 bridgehead atoms. The molecular formula is C24H35N3O4. The number of alkyl carbamates (subject to hydrolysis) is 1. The van der Waals surface area contributed by atoms with Crippen molar-refractivity contribution < 1.29 is 19.1 Å². The van der Waals surface area contributed by atoms with Crippen LogP contribution in [0.3, 0.4) is 0 Å².